The van der Waals surface area contributed by atoms with E-state index in [1.165, 1.54) is 11.1 Å². The smallest absolute Gasteiger partial charge is 0.223 e. The van der Waals surface area contributed by atoms with Crippen molar-refractivity contribution in [2.45, 2.75) is 38.6 Å². The zero-order valence-electron chi connectivity index (χ0n) is 14.8. The number of carbonyl (C=O) groups excluding carboxylic acids is 1. The molecule has 25 heavy (non-hydrogen) atoms. The summed E-state index contributed by atoms with van der Waals surface area (Å²) in [5.74, 6) is 0.741. The third kappa shape index (κ3) is 3.77. The lowest BCUT2D eigenvalue weighted by Crippen LogP contribution is -2.48. The van der Waals surface area contributed by atoms with E-state index in [9.17, 15) is 4.79 Å². The molecule has 1 aliphatic carbocycles. The first-order valence-corrected chi connectivity index (χ1v) is 10.1. The topological polar surface area (TPSA) is 36.4 Å². The van der Waals surface area contributed by atoms with Gasteiger partial charge in [-0.3, -0.25) is 9.69 Å². The largest absolute Gasteiger partial charge is 0.340 e. The highest BCUT2D eigenvalue weighted by Gasteiger charge is 2.28. The molecule has 1 fully saturated rings. The average molecular weight is 356 g/mol. The Hall–Kier alpha value is -1.72. The maximum atomic E-state index is 12.7. The molecule has 2 heterocycles. The standard InChI is InChI=1S/C20H25N3OS/c1-15-21-18(14-25-15)13-22-8-10-23(11-9-22)20(24)12-17-7-6-16-4-2-3-5-19(16)17/h2-5,14,17H,6-13H2,1H3/t17-/m1/s1. The monoisotopic (exact) mass is 355 g/mol. The van der Waals surface area contributed by atoms with Gasteiger partial charge in [0.1, 0.15) is 0 Å². The number of aromatic nitrogens is 1. The molecule has 4 nitrogen and oxygen atoms in total. The lowest BCUT2D eigenvalue weighted by Gasteiger charge is -2.35. The van der Waals surface area contributed by atoms with Crippen molar-refractivity contribution in [3.63, 3.8) is 0 Å². The Bertz CT molecular complexity index is 749. The molecule has 1 aromatic heterocycles. The van der Waals surface area contributed by atoms with E-state index in [2.05, 4.69) is 44.4 Å². The Morgan fingerprint density at radius 3 is 2.80 bits per heavy atom. The van der Waals surface area contributed by atoms with Gasteiger partial charge in [0.2, 0.25) is 5.91 Å². The molecule has 0 saturated carbocycles. The number of nitrogens with zero attached hydrogens (tertiary/aromatic N) is 3. The summed E-state index contributed by atoms with van der Waals surface area (Å²) in [6, 6.07) is 8.61. The van der Waals surface area contributed by atoms with Gasteiger partial charge in [0.15, 0.2) is 0 Å². The Balaban J connectivity index is 1.28. The van der Waals surface area contributed by atoms with Gasteiger partial charge in [-0.2, -0.15) is 0 Å². The Morgan fingerprint density at radius 1 is 1.24 bits per heavy atom. The number of rotatable bonds is 4. The molecule has 0 bridgehead atoms. The number of thiazole rings is 1. The molecule has 0 radical (unpaired) electrons. The number of hydrogen-bond acceptors (Lipinski definition) is 4. The van der Waals surface area contributed by atoms with Crippen molar-refractivity contribution >= 4 is 17.2 Å². The van der Waals surface area contributed by atoms with Crippen molar-refractivity contribution in [2.24, 2.45) is 0 Å². The average Bonchev–Trinajstić information content (AvgIpc) is 3.22. The molecule has 2 aliphatic rings. The summed E-state index contributed by atoms with van der Waals surface area (Å²) in [6.45, 7) is 6.54. The first-order valence-electron chi connectivity index (χ1n) is 9.18. The second-order valence-electron chi connectivity index (χ2n) is 7.15. The minimum absolute atomic E-state index is 0.325. The van der Waals surface area contributed by atoms with Crippen LogP contribution in [-0.2, 0) is 17.8 Å². The van der Waals surface area contributed by atoms with Gasteiger partial charge in [-0.15, -0.1) is 11.3 Å². The molecular formula is C20H25N3OS. The molecule has 0 unspecified atom stereocenters. The number of benzene rings is 1. The maximum Gasteiger partial charge on any atom is 0.223 e. The number of hydrogen-bond donors (Lipinski definition) is 0. The summed E-state index contributed by atoms with van der Waals surface area (Å²) in [7, 11) is 0. The zero-order chi connectivity index (χ0) is 17.2. The fourth-order valence-electron chi connectivity index (χ4n) is 4.06. The first-order chi connectivity index (χ1) is 12.2. The Morgan fingerprint density at radius 2 is 2.04 bits per heavy atom. The second kappa shape index (κ2) is 7.26. The molecule has 0 N–H and O–H groups in total. The number of aryl methyl sites for hydroxylation is 2. The van der Waals surface area contributed by atoms with Crippen molar-refractivity contribution in [2.75, 3.05) is 26.2 Å². The van der Waals surface area contributed by atoms with E-state index in [-0.39, 0.29) is 0 Å². The van der Waals surface area contributed by atoms with Crippen molar-refractivity contribution < 1.29 is 4.79 Å². The summed E-state index contributed by atoms with van der Waals surface area (Å²) in [6.07, 6.45) is 2.91. The number of amides is 1. The van der Waals surface area contributed by atoms with Crippen LogP contribution < -0.4 is 0 Å². The van der Waals surface area contributed by atoms with Gasteiger partial charge >= 0.3 is 0 Å². The lowest BCUT2D eigenvalue weighted by atomic mass is 9.97. The molecule has 2 aromatic rings. The van der Waals surface area contributed by atoms with Gasteiger partial charge in [0.05, 0.1) is 10.7 Å². The van der Waals surface area contributed by atoms with Crippen LogP contribution in [0.5, 0.6) is 0 Å². The van der Waals surface area contributed by atoms with Gasteiger partial charge in [0.25, 0.3) is 0 Å². The van der Waals surface area contributed by atoms with Gasteiger partial charge in [-0.1, -0.05) is 24.3 Å². The molecular weight excluding hydrogens is 330 g/mol. The molecule has 5 heteroatoms. The predicted molar refractivity (Wildman–Crippen MR) is 101 cm³/mol. The van der Waals surface area contributed by atoms with Crippen LogP contribution >= 0.6 is 11.3 Å². The van der Waals surface area contributed by atoms with Crippen molar-refractivity contribution in [3.8, 4) is 0 Å². The van der Waals surface area contributed by atoms with Crippen LogP contribution in [0.2, 0.25) is 0 Å². The summed E-state index contributed by atoms with van der Waals surface area (Å²) in [5, 5.41) is 3.27. The van der Waals surface area contributed by atoms with Crippen LogP contribution in [0.4, 0.5) is 0 Å². The molecule has 132 valence electrons. The highest BCUT2D eigenvalue weighted by molar-refractivity contribution is 7.09. The SMILES string of the molecule is Cc1nc(CN2CCN(C(=O)C[C@H]3CCc4ccccc43)CC2)cs1. The fraction of sp³-hybridized carbons (Fsp3) is 0.500. The summed E-state index contributed by atoms with van der Waals surface area (Å²) in [5.41, 5.74) is 3.99. The van der Waals surface area contributed by atoms with Gasteiger partial charge in [0, 0.05) is 44.5 Å². The molecule has 1 amide bonds. The second-order valence-corrected chi connectivity index (χ2v) is 8.22. The number of fused-ring (bicyclic) bond motifs is 1. The van der Waals surface area contributed by atoms with Gasteiger partial charge < -0.3 is 4.90 Å². The van der Waals surface area contributed by atoms with Crippen LogP contribution in [-0.4, -0.2) is 46.9 Å². The van der Waals surface area contributed by atoms with E-state index in [1.807, 2.05) is 6.92 Å². The molecule has 1 saturated heterocycles. The van der Waals surface area contributed by atoms with Crippen LogP contribution in [0.1, 0.15) is 40.6 Å². The fourth-order valence-corrected chi connectivity index (χ4v) is 4.67. The van der Waals surface area contributed by atoms with Crippen LogP contribution in [0.3, 0.4) is 0 Å². The minimum Gasteiger partial charge on any atom is -0.340 e. The number of carbonyl (C=O) groups is 1. The molecule has 1 aliphatic heterocycles. The van der Waals surface area contributed by atoms with Crippen molar-refractivity contribution in [1.82, 2.24) is 14.8 Å². The van der Waals surface area contributed by atoms with E-state index in [0.29, 0.717) is 18.2 Å². The van der Waals surface area contributed by atoms with Crippen LogP contribution in [0.25, 0.3) is 0 Å². The maximum absolute atomic E-state index is 12.7. The molecule has 0 spiro atoms. The Labute approximate surface area is 153 Å². The first kappa shape index (κ1) is 16.7. The van der Waals surface area contributed by atoms with Crippen LogP contribution in [0.15, 0.2) is 29.6 Å². The minimum atomic E-state index is 0.325. The third-order valence-electron chi connectivity index (χ3n) is 5.46. The normalized spacial score (nSPS) is 20.7. The number of piperazine rings is 1. The molecule has 4 rings (SSSR count). The van der Waals surface area contributed by atoms with E-state index in [4.69, 9.17) is 0 Å². The third-order valence-corrected chi connectivity index (χ3v) is 6.28. The van der Waals surface area contributed by atoms with Gasteiger partial charge in [-0.05, 0) is 36.8 Å². The quantitative estimate of drug-likeness (QED) is 0.845. The molecule has 1 aromatic carbocycles. The van der Waals surface area contributed by atoms with E-state index >= 15 is 0 Å². The highest BCUT2D eigenvalue weighted by Crippen LogP contribution is 2.35. The van der Waals surface area contributed by atoms with Crippen molar-refractivity contribution in [3.05, 3.63) is 51.5 Å². The van der Waals surface area contributed by atoms with Crippen molar-refractivity contribution in [1.29, 1.82) is 0 Å². The van der Waals surface area contributed by atoms with E-state index < -0.39 is 0 Å². The zero-order valence-corrected chi connectivity index (χ0v) is 15.6. The van der Waals surface area contributed by atoms with Gasteiger partial charge in [-0.25, -0.2) is 4.98 Å². The van der Waals surface area contributed by atoms with Crippen LogP contribution in [0, 0.1) is 6.92 Å². The summed E-state index contributed by atoms with van der Waals surface area (Å²) in [4.78, 5) is 21.7. The van der Waals surface area contributed by atoms with E-state index in [1.54, 1.807) is 11.3 Å². The lowest BCUT2D eigenvalue weighted by molar-refractivity contribution is -0.133. The summed E-state index contributed by atoms with van der Waals surface area (Å²) < 4.78 is 0. The highest BCUT2D eigenvalue weighted by atomic mass is 32.1. The molecule has 1 atom stereocenters. The van der Waals surface area contributed by atoms with E-state index in [0.717, 1.165) is 56.3 Å². The summed E-state index contributed by atoms with van der Waals surface area (Å²) >= 11 is 1.71. The predicted octanol–water partition coefficient (Wildman–Crippen LogP) is 3.22. The Kier molecular flexibility index (Phi) is 4.86.